The van der Waals surface area contributed by atoms with Crippen LogP contribution in [0.4, 0.5) is 0 Å². The Labute approximate surface area is 152 Å². The largest absolute Gasteiger partial charge is 0.462 e. The maximum absolute atomic E-state index is 9.09. The molecule has 142 valence electrons. The third kappa shape index (κ3) is 4.16. The smallest absolute Gasteiger partial charge is 0.150 e. The molecule has 0 radical (unpaired) electrons. The van der Waals surface area contributed by atoms with Crippen LogP contribution in [0.3, 0.4) is 0 Å². The number of aliphatic hydroxyl groups excluding tert-OH is 1. The summed E-state index contributed by atoms with van der Waals surface area (Å²) in [4.78, 5) is 2.31. The molecule has 8 nitrogen and oxygen atoms in total. The van der Waals surface area contributed by atoms with Gasteiger partial charge in [-0.2, -0.15) is 0 Å². The van der Waals surface area contributed by atoms with Crippen molar-refractivity contribution in [2.75, 3.05) is 39.5 Å². The number of nitrogens with one attached hydrogen (secondary N) is 1. The average Bonchev–Trinajstić information content (AvgIpc) is 3.27. The molecule has 2 saturated heterocycles. The van der Waals surface area contributed by atoms with Crippen LogP contribution in [0.5, 0.6) is 0 Å². The van der Waals surface area contributed by atoms with E-state index in [2.05, 4.69) is 15.4 Å². The molecule has 0 aliphatic carbocycles. The molecule has 2 N–H and O–H groups in total. The van der Waals surface area contributed by atoms with E-state index in [4.69, 9.17) is 23.5 Å². The molecule has 2 aliphatic heterocycles. The van der Waals surface area contributed by atoms with E-state index in [1.165, 1.54) is 0 Å². The van der Waals surface area contributed by atoms with Crippen LogP contribution in [0.25, 0.3) is 0 Å². The fraction of sp³-hybridized carbons (Fsp3) is 0.611. The van der Waals surface area contributed by atoms with Crippen molar-refractivity contribution in [1.29, 1.82) is 0 Å². The molecule has 4 heterocycles. The Hall–Kier alpha value is -1.71. The third-order valence-electron chi connectivity index (χ3n) is 4.88. The monoisotopic (exact) mass is 363 g/mol. The second kappa shape index (κ2) is 7.89. The van der Waals surface area contributed by atoms with Crippen LogP contribution >= 0.6 is 0 Å². The quantitative estimate of drug-likeness (QED) is 0.708. The minimum atomic E-state index is -0.153. The first-order chi connectivity index (χ1) is 12.7. The standard InChI is InChI=1S/C18H25N3O5/c22-11-16-2-1-15(25-16)9-19-18(12-24-13-18)8-14-7-17(26-20-14)10-21-3-5-23-6-4-21/h1-2,7,19,22H,3-6,8-13H2. The zero-order valence-electron chi connectivity index (χ0n) is 14.8. The van der Waals surface area contributed by atoms with Crippen molar-refractivity contribution < 1.29 is 23.5 Å². The zero-order chi connectivity index (χ0) is 17.8. The summed E-state index contributed by atoms with van der Waals surface area (Å²) >= 11 is 0. The van der Waals surface area contributed by atoms with Gasteiger partial charge in [0.2, 0.25) is 0 Å². The molecular weight excluding hydrogens is 338 g/mol. The van der Waals surface area contributed by atoms with Crippen molar-refractivity contribution >= 4 is 0 Å². The molecule has 0 saturated carbocycles. The average molecular weight is 363 g/mol. The molecule has 0 atom stereocenters. The van der Waals surface area contributed by atoms with Gasteiger partial charge in [-0.15, -0.1) is 0 Å². The second-order valence-electron chi connectivity index (χ2n) is 7.00. The maximum Gasteiger partial charge on any atom is 0.150 e. The van der Waals surface area contributed by atoms with E-state index in [9.17, 15) is 0 Å². The van der Waals surface area contributed by atoms with Crippen molar-refractivity contribution in [3.05, 3.63) is 41.2 Å². The van der Waals surface area contributed by atoms with E-state index in [1.54, 1.807) is 6.07 Å². The number of rotatable bonds is 8. The molecule has 8 heteroatoms. The molecular formula is C18H25N3O5. The fourth-order valence-corrected chi connectivity index (χ4v) is 3.33. The summed E-state index contributed by atoms with van der Waals surface area (Å²) in [6.07, 6.45) is 0.743. The van der Waals surface area contributed by atoms with Gasteiger partial charge in [0.15, 0.2) is 5.76 Å². The molecule has 0 aromatic carbocycles. The lowest BCUT2D eigenvalue weighted by Crippen LogP contribution is -2.61. The van der Waals surface area contributed by atoms with E-state index in [0.717, 1.165) is 56.5 Å². The highest BCUT2D eigenvalue weighted by Gasteiger charge is 2.39. The van der Waals surface area contributed by atoms with Crippen molar-refractivity contribution in [2.45, 2.75) is 31.7 Å². The summed E-state index contributed by atoms with van der Waals surface area (Å²) in [5.41, 5.74) is 0.777. The summed E-state index contributed by atoms with van der Waals surface area (Å²) < 4.78 is 21.9. The van der Waals surface area contributed by atoms with Gasteiger partial charge in [0.1, 0.15) is 18.1 Å². The summed E-state index contributed by atoms with van der Waals surface area (Å²) in [5.74, 6) is 2.26. The van der Waals surface area contributed by atoms with Gasteiger partial charge < -0.3 is 23.5 Å². The molecule has 0 spiro atoms. The molecule has 4 rings (SSSR count). The van der Waals surface area contributed by atoms with E-state index >= 15 is 0 Å². The predicted molar refractivity (Wildman–Crippen MR) is 91.3 cm³/mol. The number of aliphatic hydroxyl groups is 1. The van der Waals surface area contributed by atoms with Gasteiger partial charge in [0, 0.05) is 25.6 Å². The fourth-order valence-electron chi connectivity index (χ4n) is 3.33. The normalized spacial score (nSPS) is 20.2. The molecule has 0 bridgehead atoms. The van der Waals surface area contributed by atoms with Gasteiger partial charge in [0.05, 0.1) is 50.7 Å². The van der Waals surface area contributed by atoms with Gasteiger partial charge in [0.25, 0.3) is 0 Å². The van der Waals surface area contributed by atoms with Crippen LogP contribution in [0.2, 0.25) is 0 Å². The van der Waals surface area contributed by atoms with E-state index < -0.39 is 0 Å². The van der Waals surface area contributed by atoms with Crippen LogP contribution in [0, 0.1) is 0 Å². The first-order valence-electron chi connectivity index (χ1n) is 9.00. The lowest BCUT2D eigenvalue weighted by Gasteiger charge is -2.41. The molecule has 2 aromatic heterocycles. The Morgan fingerprint density at radius 1 is 1.12 bits per heavy atom. The summed E-state index contributed by atoms with van der Waals surface area (Å²) in [5, 5.41) is 16.8. The van der Waals surface area contributed by atoms with Gasteiger partial charge in [-0.1, -0.05) is 5.16 Å². The Morgan fingerprint density at radius 2 is 1.92 bits per heavy atom. The van der Waals surface area contributed by atoms with Gasteiger partial charge in [-0.3, -0.25) is 10.2 Å². The number of nitrogens with zero attached hydrogens (tertiary/aromatic N) is 2. The second-order valence-corrected chi connectivity index (χ2v) is 7.00. The number of hydrogen-bond acceptors (Lipinski definition) is 8. The highest BCUT2D eigenvalue weighted by Crippen LogP contribution is 2.24. The molecule has 2 fully saturated rings. The van der Waals surface area contributed by atoms with Crippen molar-refractivity contribution in [3.8, 4) is 0 Å². The maximum atomic E-state index is 9.09. The number of ether oxygens (including phenoxy) is 2. The molecule has 26 heavy (non-hydrogen) atoms. The topological polar surface area (TPSA) is 93.1 Å². The number of morpholine rings is 1. The van der Waals surface area contributed by atoms with E-state index in [1.807, 2.05) is 12.1 Å². The number of hydrogen-bond donors (Lipinski definition) is 2. The van der Waals surface area contributed by atoms with Gasteiger partial charge in [-0.25, -0.2) is 0 Å². The summed E-state index contributed by atoms with van der Waals surface area (Å²) in [7, 11) is 0. The van der Waals surface area contributed by atoms with E-state index in [0.29, 0.717) is 25.5 Å². The Kier molecular flexibility index (Phi) is 5.37. The minimum Gasteiger partial charge on any atom is -0.462 e. The van der Waals surface area contributed by atoms with E-state index in [-0.39, 0.29) is 12.1 Å². The highest BCUT2D eigenvalue weighted by molar-refractivity contribution is 5.13. The number of furan rings is 1. The van der Waals surface area contributed by atoms with Crippen LogP contribution < -0.4 is 5.32 Å². The molecule has 2 aromatic rings. The van der Waals surface area contributed by atoms with Crippen molar-refractivity contribution in [2.24, 2.45) is 0 Å². The van der Waals surface area contributed by atoms with Crippen LogP contribution in [0.1, 0.15) is 23.0 Å². The predicted octanol–water partition coefficient (Wildman–Crippen LogP) is 0.693. The first kappa shape index (κ1) is 17.7. The lowest BCUT2D eigenvalue weighted by atomic mass is 9.91. The first-order valence-corrected chi connectivity index (χ1v) is 9.00. The lowest BCUT2D eigenvalue weighted by molar-refractivity contribution is -0.0762. The van der Waals surface area contributed by atoms with Crippen LogP contribution in [-0.2, 0) is 35.6 Å². The Balaban J connectivity index is 1.32. The third-order valence-corrected chi connectivity index (χ3v) is 4.88. The SMILES string of the molecule is OCc1ccc(CNC2(Cc3cc(CN4CCOCC4)on3)COC2)o1. The molecule has 0 unspecified atom stereocenters. The zero-order valence-corrected chi connectivity index (χ0v) is 14.8. The van der Waals surface area contributed by atoms with Gasteiger partial charge >= 0.3 is 0 Å². The van der Waals surface area contributed by atoms with Crippen molar-refractivity contribution in [1.82, 2.24) is 15.4 Å². The summed E-state index contributed by atoms with van der Waals surface area (Å²) in [6.45, 7) is 5.93. The van der Waals surface area contributed by atoms with Crippen LogP contribution in [-0.4, -0.2) is 60.2 Å². The Morgan fingerprint density at radius 3 is 2.62 bits per heavy atom. The van der Waals surface area contributed by atoms with Gasteiger partial charge in [-0.05, 0) is 12.1 Å². The highest BCUT2D eigenvalue weighted by atomic mass is 16.5. The number of aromatic nitrogens is 1. The minimum absolute atomic E-state index is 0.0842. The van der Waals surface area contributed by atoms with Crippen LogP contribution in [0.15, 0.2) is 27.1 Å². The van der Waals surface area contributed by atoms with Crippen molar-refractivity contribution in [3.63, 3.8) is 0 Å². The molecule has 2 aliphatic rings. The molecule has 0 amide bonds. The Bertz CT molecular complexity index is 703. The summed E-state index contributed by atoms with van der Waals surface area (Å²) in [6, 6.07) is 5.70.